The maximum Gasteiger partial charge on any atom is 0.309 e. The number of hydrogen-bond acceptors (Lipinski definition) is 3. The first-order chi connectivity index (χ1) is 21.6. The molecule has 0 radical (unpaired) electrons. The maximum absolute atomic E-state index is 12.5. The van der Waals surface area contributed by atoms with Crippen LogP contribution in [0.5, 0.6) is 0 Å². The van der Waals surface area contributed by atoms with E-state index in [4.69, 9.17) is 4.74 Å². The fraction of sp³-hybridized carbons (Fsp3) is 0.900. The average molecular weight is 621 g/mol. The monoisotopic (exact) mass is 621 g/mol. The number of esters is 1. The van der Waals surface area contributed by atoms with Gasteiger partial charge in [0.25, 0.3) is 0 Å². The van der Waals surface area contributed by atoms with Gasteiger partial charge < -0.3 is 9.84 Å². The zero-order valence-electron chi connectivity index (χ0n) is 29.7. The molecule has 0 aliphatic carbocycles. The largest absolute Gasteiger partial charge is 0.481 e. The third kappa shape index (κ3) is 33.6. The first-order valence-corrected chi connectivity index (χ1v) is 19.6. The number of carboxylic acid groups (broad SMARTS) is 1. The molecule has 4 heteroatoms. The van der Waals surface area contributed by atoms with Crippen molar-refractivity contribution in [2.24, 2.45) is 5.92 Å². The Morgan fingerprint density at radius 2 is 0.841 bits per heavy atom. The lowest BCUT2D eigenvalue weighted by atomic mass is 10.0. The molecule has 0 aromatic carbocycles. The lowest BCUT2D eigenvalue weighted by Crippen LogP contribution is -2.21. The summed E-state index contributed by atoms with van der Waals surface area (Å²) >= 11 is 0. The lowest BCUT2D eigenvalue weighted by Gasteiger charge is -2.12. The number of ether oxygens (including phenoxy) is 1. The van der Waals surface area contributed by atoms with Gasteiger partial charge in [0, 0.05) is 0 Å². The molecule has 0 aliphatic rings. The third-order valence-electron chi connectivity index (χ3n) is 9.06. The van der Waals surface area contributed by atoms with Crippen molar-refractivity contribution in [2.45, 2.75) is 219 Å². The minimum absolute atomic E-state index is 0.152. The van der Waals surface area contributed by atoms with Crippen LogP contribution in [0.2, 0.25) is 0 Å². The van der Waals surface area contributed by atoms with Crippen molar-refractivity contribution in [1.82, 2.24) is 0 Å². The van der Waals surface area contributed by atoms with E-state index in [0.29, 0.717) is 13.0 Å². The topological polar surface area (TPSA) is 63.6 Å². The van der Waals surface area contributed by atoms with Crippen LogP contribution in [0, 0.1) is 5.92 Å². The minimum atomic E-state index is -0.931. The molecular weight excluding hydrogens is 544 g/mol. The standard InChI is InChI=1S/C40H76O4/c1-3-5-7-9-11-13-15-17-19-21-23-25-27-29-31-33-35-38(37-39(41)42)40(43)44-36-34-32-30-28-26-24-22-20-18-16-14-12-10-8-6-4-2/h31,33,38H,3-30,32,34-37H2,1-2H3,(H,41,42). The van der Waals surface area contributed by atoms with Crippen molar-refractivity contribution in [2.75, 3.05) is 6.61 Å². The summed E-state index contributed by atoms with van der Waals surface area (Å²) in [6.45, 7) is 4.96. The lowest BCUT2D eigenvalue weighted by molar-refractivity contribution is -0.153. The average Bonchev–Trinajstić information content (AvgIpc) is 3.01. The number of aliphatic carboxylic acids is 1. The number of rotatable bonds is 36. The van der Waals surface area contributed by atoms with E-state index < -0.39 is 11.9 Å². The molecule has 0 aromatic rings. The molecule has 44 heavy (non-hydrogen) atoms. The molecule has 0 aliphatic heterocycles. The van der Waals surface area contributed by atoms with E-state index in [0.717, 1.165) is 19.3 Å². The Bertz CT molecular complexity index is 629. The van der Waals surface area contributed by atoms with Crippen LogP contribution in [0.4, 0.5) is 0 Å². The molecule has 0 saturated carbocycles. The summed E-state index contributed by atoms with van der Waals surface area (Å²) in [5.74, 6) is -1.85. The van der Waals surface area contributed by atoms with Gasteiger partial charge in [0.15, 0.2) is 0 Å². The molecular formula is C40H76O4. The van der Waals surface area contributed by atoms with Gasteiger partial charge >= 0.3 is 11.9 Å². The van der Waals surface area contributed by atoms with Crippen LogP contribution in [0.25, 0.3) is 0 Å². The van der Waals surface area contributed by atoms with Crippen LogP contribution < -0.4 is 0 Å². The maximum atomic E-state index is 12.5. The van der Waals surface area contributed by atoms with Gasteiger partial charge in [0.1, 0.15) is 0 Å². The molecule has 0 bridgehead atoms. The third-order valence-corrected chi connectivity index (χ3v) is 9.06. The molecule has 0 heterocycles. The second-order valence-electron chi connectivity index (χ2n) is 13.5. The summed E-state index contributed by atoms with van der Waals surface area (Å²) in [5.41, 5.74) is 0. The van der Waals surface area contributed by atoms with Crippen molar-refractivity contribution >= 4 is 11.9 Å². The first-order valence-electron chi connectivity index (χ1n) is 19.6. The Morgan fingerprint density at radius 3 is 1.20 bits per heavy atom. The van der Waals surface area contributed by atoms with E-state index in [1.165, 1.54) is 173 Å². The fourth-order valence-electron chi connectivity index (χ4n) is 6.07. The Labute approximate surface area is 275 Å². The van der Waals surface area contributed by atoms with Crippen molar-refractivity contribution in [3.8, 4) is 0 Å². The Morgan fingerprint density at radius 1 is 0.500 bits per heavy atom. The van der Waals surface area contributed by atoms with E-state index in [1.807, 2.05) is 6.08 Å². The van der Waals surface area contributed by atoms with Gasteiger partial charge in [-0.05, 0) is 25.7 Å². The Kier molecular flexibility index (Phi) is 35.1. The van der Waals surface area contributed by atoms with E-state index in [-0.39, 0.29) is 12.4 Å². The molecule has 0 rings (SSSR count). The molecule has 0 aromatic heterocycles. The Hall–Kier alpha value is -1.32. The summed E-state index contributed by atoms with van der Waals surface area (Å²) in [6, 6.07) is 0. The highest BCUT2D eigenvalue weighted by molar-refractivity contribution is 5.79. The van der Waals surface area contributed by atoms with Gasteiger partial charge in [-0.3, -0.25) is 9.59 Å². The van der Waals surface area contributed by atoms with Crippen LogP contribution in [0.1, 0.15) is 219 Å². The molecule has 260 valence electrons. The van der Waals surface area contributed by atoms with Crippen molar-refractivity contribution in [1.29, 1.82) is 0 Å². The first kappa shape index (κ1) is 42.7. The van der Waals surface area contributed by atoms with Gasteiger partial charge in [0.05, 0.1) is 18.9 Å². The predicted octanol–water partition coefficient (Wildman–Crippen LogP) is 13.3. The second kappa shape index (κ2) is 36.2. The summed E-state index contributed by atoms with van der Waals surface area (Å²) in [4.78, 5) is 23.8. The highest BCUT2D eigenvalue weighted by Crippen LogP contribution is 2.17. The summed E-state index contributed by atoms with van der Waals surface area (Å²) in [6.07, 6.45) is 44.0. The van der Waals surface area contributed by atoms with Crippen molar-refractivity contribution in [3.63, 3.8) is 0 Å². The van der Waals surface area contributed by atoms with Gasteiger partial charge in [-0.1, -0.05) is 199 Å². The number of carbonyl (C=O) groups excluding carboxylic acids is 1. The number of carbonyl (C=O) groups is 2. The number of allylic oxidation sites excluding steroid dienone is 2. The minimum Gasteiger partial charge on any atom is -0.481 e. The molecule has 1 atom stereocenters. The van der Waals surface area contributed by atoms with Crippen molar-refractivity contribution < 1.29 is 19.4 Å². The molecule has 1 N–H and O–H groups in total. The van der Waals surface area contributed by atoms with Crippen LogP contribution in [0.3, 0.4) is 0 Å². The van der Waals surface area contributed by atoms with Gasteiger partial charge in [-0.25, -0.2) is 0 Å². The molecule has 0 saturated heterocycles. The number of unbranched alkanes of at least 4 members (excludes halogenated alkanes) is 28. The molecule has 0 spiro atoms. The molecule has 0 amide bonds. The van der Waals surface area contributed by atoms with E-state index in [1.54, 1.807) is 0 Å². The van der Waals surface area contributed by atoms with E-state index in [9.17, 15) is 14.7 Å². The molecule has 0 fully saturated rings. The fourth-order valence-corrected chi connectivity index (χ4v) is 6.07. The second-order valence-corrected chi connectivity index (χ2v) is 13.5. The van der Waals surface area contributed by atoms with Crippen LogP contribution in [-0.2, 0) is 14.3 Å². The SMILES string of the molecule is CCCCCCCCCCCCCCCC=CCC(CC(=O)O)C(=O)OCCCCCCCCCCCCCCCCCC. The highest BCUT2D eigenvalue weighted by Gasteiger charge is 2.21. The van der Waals surface area contributed by atoms with Gasteiger partial charge in [0.2, 0.25) is 0 Å². The number of hydrogen-bond donors (Lipinski definition) is 1. The van der Waals surface area contributed by atoms with Crippen LogP contribution >= 0.6 is 0 Å². The Balaban J connectivity index is 3.66. The molecule has 1 unspecified atom stereocenters. The van der Waals surface area contributed by atoms with Crippen LogP contribution in [0.15, 0.2) is 12.2 Å². The van der Waals surface area contributed by atoms with Crippen molar-refractivity contribution in [3.05, 3.63) is 12.2 Å². The quantitative estimate of drug-likeness (QED) is 0.0430. The van der Waals surface area contributed by atoms with E-state index in [2.05, 4.69) is 19.9 Å². The van der Waals surface area contributed by atoms with Gasteiger partial charge in [-0.2, -0.15) is 0 Å². The van der Waals surface area contributed by atoms with Gasteiger partial charge in [-0.15, -0.1) is 0 Å². The summed E-state index contributed by atoms with van der Waals surface area (Å²) < 4.78 is 5.47. The van der Waals surface area contributed by atoms with E-state index >= 15 is 0 Å². The predicted molar refractivity (Wildman–Crippen MR) is 190 cm³/mol. The highest BCUT2D eigenvalue weighted by atomic mass is 16.5. The smallest absolute Gasteiger partial charge is 0.309 e. The van der Waals surface area contributed by atoms with Crippen LogP contribution in [-0.4, -0.2) is 23.7 Å². The normalized spacial score (nSPS) is 12.2. The zero-order valence-corrected chi connectivity index (χ0v) is 29.7. The summed E-state index contributed by atoms with van der Waals surface area (Å²) in [7, 11) is 0. The molecule has 4 nitrogen and oxygen atoms in total. The zero-order chi connectivity index (χ0) is 32.2. The number of carboxylic acids is 1. The summed E-state index contributed by atoms with van der Waals surface area (Å²) in [5, 5.41) is 9.26.